The van der Waals surface area contributed by atoms with Gasteiger partial charge in [0, 0.05) is 0 Å². The molecule has 4 nitrogen and oxygen atoms in total. The second-order valence-corrected chi connectivity index (χ2v) is 5.87. The topological polar surface area (TPSA) is 78.3 Å². The number of benzene rings is 1. The van der Waals surface area contributed by atoms with Crippen LogP contribution in [0.5, 0.6) is 0 Å². The van der Waals surface area contributed by atoms with Crippen molar-refractivity contribution in [2.45, 2.75) is 49.5 Å². The van der Waals surface area contributed by atoms with Gasteiger partial charge in [-0.3, -0.25) is 4.79 Å². The zero-order valence-electron chi connectivity index (χ0n) is 12.0. The number of ether oxygens (including phenoxy) is 1. The zero-order valence-corrected chi connectivity index (χ0v) is 12.0. The van der Waals surface area contributed by atoms with Crippen molar-refractivity contribution in [2.24, 2.45) is 11.5 Å². The molecule has 7 heteroatoms. The molecule has 1 fully saturated rings. The Morgan fingerprint density at radius 2 is 1.64 bits per heavy atom. The van der Waals surface area contributed by atoms with Gasteiger partial charge in [-0.15, -0.1) is 0 Å². The van der Waals surface area contributed by atoms with Gasteiger partial charge < -0.3 is 16.2 Å². The van der Waals surface area contributed by atoms with Crippen LogP contribution < -0.4 is 11.5 Å². The van der Waals surface area contributed by atoms with Crippen LogP contribution in [0, 0.1) is 0 Å². The highest BCUT2D eigenvalue weighted by Gasteiger charge is 2.56. The maximum atomic E-state index is 12.9. The van der Waals surface area contributed by atoms with Crippen LogP contribution in [0.2, 0.25) is 0 Å². The zero-order chi connectivity index (χ0) is 16.4. The van der Waals surface area contributed by atoms with E-state index >= 15 is 0 Å². The van der Waals surface area contributed by atoms with Gasteiger partial charge in [-0.25, -0.2) is 0 Å². The van der Waals surface area contributed by atoms with E-state index in [1.165, 1.54) is 0 Å². The lowest BCUT2D eigenvalue weighted by Crippen LogP contribution is -2.62. The number of hydrogen-bond donors (Lipinski definition) is 2. The Bertz CT molecular complexity index is 523. The number of alkyl halides is 3. The first-order valence-electron chi connectivity index (χ1n) is 7.02. The van der Waals surface area contributed by atoms with Gasteiger partial charge in [0.25, 0.3) is 0 Å². The molecule has 0 spiro atoms. The predicted octanol–water partition coefficient (Wildman–Crippen LogP) is 2.26. The van der Waals surface area contributed by atoms with Crippen LogP contribution in [0.1, 0.15) is 31.2 Å². The summed E-state index contributed by atoms with van der Waals surface area (Å²) in [4.78, 5) is 12.1. The van der Waals surface area contributed by atoms with Gasteiger partial charge in [0.2, 0.25) is 0 Å². The monoisotopic (exact) mass is 316 g/mol. The molecule has 1 saturated carbocycles. The molecule has 4 N–H and O–H groups in total. The first kappa shape index (κ1) is 16.8. The molecular weight excluding hydrogens is 297 g/mol. The van der Waals surface area contributed by atoms with Crippen LogP contribution in [0.3, 0.4) is 0 Å². The van der Waals surface area contributed by atoms with Crippen molar-refractivity contribution in [1.29, 1.82) is 0 Å². The lowest BCUT2D eigenvalue weighted by atomic mass is 9.72. The highest BCUT2D eigenvalue weighted by Crippen LogP contribution is 2.42. The van der Waals surface area contributed by atoms with Crippen molar-refractivity contribution in [2.75, 3.05) is 0 Å². The summed E-state index contributed by atoms with van der Waals surface area (Å²) in [7, 11) is 0. The third-order valence-corrected chi connectivity index (χ3v) is 4.22. The van der Waals surface area contributed by atoms with Gasteiger partial charge in [0.15, 0.2) is 0 Å². The standard InChI is InChI=1S/C15H19F3N2O2/c16-15(17,18)14(20)8-6-13(19,7-9-14)12(21)22-10-11-4-2-1-3-5-11/h1-5H,6-10,19-20H2. The van der Waals surface area contributed by atoms with E-state index in [4.69, 9.17) is 16.2 Å². The Hall–Kier alpha value is -1.60. The minimum atomic E-state index is -4.50. The molecule has 0 aliphatic heterocycles. The molecule has 1 aliphatic carbocycles. The Morgan fingerprint density at radius 3 is 2.14 bits per heavy atom. The summed E-state index contributed by atoms with van der Waals surface area (Å²) < 4.78 is 43.7. The van der Waals surface area contributed by atoms with Crippen molar-refractivity contribution in [3.8, 4) is 0 Å². The molecule has 22 heavy (non-hydrogen) atoms. The molecule has 0 bridgehead atoms. The van der Waals surface area contributed by atoms with Crippen LogP contribution in [0.15, 0.2) is 30.3 Å². The molecule has 0 atom stereocenters. The van der Waals surface area contributed by atoms with Gasteiger partial charge in [0.1, 0.15) is 17.7 Å². The second-order valence-electron chi connectivity index (χ2n) is 5.87. The summed E-state index contributed by atoms with van der Waals surface area (Å²) >= 11 is 0. The fourth-order valence-electron chi connectivity index (χ4n) is 2.50. The average molecular weight is 316 g/mol. The van der Waals surface area contributed by atoms with Crippen molar-refractivity contribution in [3.05, 3.63) is 35.9 Å². The molecule has 0 saturated heterocycles. The maximum Gasteiger partial charge on any atom is 0.406 e. The van der Waals surface area contributed by atoms with E-state index in [0.717, 1.165) is 5.56 Å². The van der Waals surface area contributed by atoms with Crippen molar-refractivity contribution >= 4 is 5.97 Å². The van der Waals surface area contributed by atoms with Gasteiger partial charge >= 0.3 is 12.1 Å². The van der Waals surface area contributed by atoms with Gasteiger partial charge in [-0.2, -0.15) is 13.2 Å². The molecule has 0 unspecified atom stereocenters. The van der Waals surface area contributed by atoms with Crippen LogP contribution in [0.4, 0.5) is 13.2 Å². The van der Waals surface area contributed by atoms with Crippen molar-refractivity contribution in [1.82, 2.24) is 0 Å². The lowest BCUT2D eigenvalue weighted by molar-refractivity contribution is -0.199. The quantitative estimate of drug-likeness (QED) is 0.839. The fraction of sp³-hybridized carbons (Fsp3) is 0.533. The number of carbonyl (C=O) groups excluding carboxylic acids is 1. The molecule has 0 amide bonds. The van der Waals surface area contributed by atoms with Gasteiger partial charge in [0.05, 0.1) is 0 Å². The van der Waals surface area contributed by atoms with Crippen LogP contribution in [-0.4, -0.2) is 23.2 Å². The minimum Gasteiger partial charge on any atom is -0.459 e. The summed E-state index contributed by atoms with van der Waals surface area (Å²) in [5.41, 5.74) is 8.45. The fourth-order valence-corrected chi connectivity index (χ4v) is 2.50. The Morgan fingerprint density at radius 1 is 1.09 bits per heavy atom. The highest BCUT2D eigenvalue weighted by molar-refractivity contribution is 5.80. The van der Waals surface area contributed by atoms with Crippen LogP contribution >= 0.6 is 0 Å². The van der Waals surface area contributed by atoms with Gasteiger partial charge in [-0.05, 0) is 31.2 Å². The summed E-state index contributed by atoms with van der Waals surface area (Å²) in [5, 5.41) is 0. The van der Waals surface area contributed by atoms with Crippen LogP contribution in [0.25, 0.3) is 0 Å². The third kappa shape index (κ3) is 3.41. The molecule has 0 heterocycles. The molecule has 1 aliphatic rings. The SMILES string of the molecule is NC1(C(=O)OCc2ccccc2)CCC(N)(C(F)(F)F)CC1. The van der Waals surface area contributed by atoms with E-state index in [0.29, 0.717) is 0 Å². The summed E-state index contributed by atoms with van der Waals surface area (Å²) in [6.07, 6.45) is -5.55. The van der Waals surface area contributed by atoms with E-state index in [-0.39, 0.29) is 32.3 Å². The summed E-state index contributed by atoms with van der Waals surface area (Å²) in [6.45, 7) is 0.0473. The summed E-state index contributed by atoms with van der Waals surface area (Å²) in [6, 6.07) is 8.99. The summed E-state index contributed by atoms with van der Waals surface area (Å²) in [5.74, 6) is -0.680. The van der Waals surface area contributed by atoms with Crippen molar-refractivity contribution < 1.29 is 22.7 Å². The van der Waals surface area contributed by atoms with E-state index < -0.39 is 23.2 Å². The first-order chi connectivity index (χ1) is 10.2. The second kappa shape index (κ2) is 5.89. The molecule has 0 radical (unpaired) electrons. The molecular formula is C15H19F3N2O2. The number of esters is 1. The van der Waals surface area contributed by atoms with E-state index in [1.807, 2.05) is 6.07 Å². The largest absolute Gasteiger partial charge is 0.459 e. The van der Waals surface area contributed by atoms with E-state index in [9.17, 15) is 18.0 Å². The smallest absolute Gasteiger partial charge is 0.406 e. The molecule has 0 aromatic heterocycles. The molecule has 1 aromatic carbocycles. The predicted molar refractivity (Wildman–Crippen MR) is 74.6 cm³/mol. The third-order valence-electron chi connectivity index (χ3n) is 4.22. The number of carbonyl (C=O) groups is 1. The highest BCUT2D eigenvalue weighted by atomic mass is 19.4. The number of hydrogen-bond acceptors (Lipinski definition) is 4. The Balaban J connectivity index is 1.94. The first-order valence-corrected chi connectivity index (χ1v) is 7.02. The lowest BCUT2D eigenvalue weighted by Gasteiger charge is -2.41. The van der Waals surface area contributed by atoms with Crippen molar-refractivity contribution in [3.63, 3.8) is 0 Å². The number of halogens is 3. The minimum absolute atomic E-state index is 0.0473. The normalized spacial score (nSPS) is 29.1. The van der Waals surface area contributed by atoms with E-state index in [2.05, 4.69) is 0 Å². The Labute approximate surface area is 126 Å². The van der Waals surface area contributed by atoms with E-state index in [1.54, 1.807) is 24.3 Å². The van der Waals surface area contributed by atoms with Gasteiger partial charge in [-0.1, -0.05) is 30.3 Å². The Kier molecular flexibility index (Phi) is 4.49. The maximum absolute atomic E-state index is 12.9. The number of rotatable bonds is 3. The average Bonchev–Trinajstić information content (AvgIpc) is 2.48. The number of nitrogens with two attached hydrogens (primary N) is 2. The molecule has 2 rings (SSSR count). The van der Waals surface area contributed by atoms with Crippen LogP contribution in [-0.2, 0) is 16.1 Å². The molecule has 1 aromatic rings. The molecule has 122 valence electrons.